The predicted molar refractivity (Wildman–Crippen MR) is 99.6 cm³/mol. The highest BCUT2D eigenvalue weighted by Gasteiger charge is 2.13. The number of benzene rings is 1. The van der Waals surface area contributed by atoms with Crippen LogP contribution in [0.1, 0.15) is 21.9 Å². The smallest absolute Gasteiger partial charge is 0.260 e. The molecule has 0 bridgehead atoms. The van der Waals surface area contributed by atoms with Crippen LogP contribution < -0.4 is 10.1 Å². The van der Waals surface area contributed by atoms with Crippen LogP contribution in [0.4, 0.5) is 5.69 Å². The molecule has 0 unspecified atom stereocenters. The van der Waals surface area contributed by atoms with Crippen LogP contribution in [0.5, 0.6) is 11.6 Å². The van der Waals surface area contributed by atoms with Gasteiger partial charge in [0.2, 0.25) is 5.88 Å². The number of rotatable bonds is 5. The second-order valence-corrected chi connectivity index (χ2v) is 5.94. The van der Waals surface area contributed by atoms with Gasteiger partial charge in [0.05, 0.1) is 6.20 Å². The summed E-state index contributed by atoms with van der Waals surface area (Å²) in [5.41, 5.74) is 1.01. The van der Waals surface area contributed by atoms with E-state index in [1.165, 1.54) is 6.20 Å². The third-order valence-electron chi connectivity index (χ3n) is 3.87. The van der Waals surface area contributed by atoms with Gasteiger partial charge < -0.3 is 14.6 Å². The average Bonchev–Trinajstić information content (AvgIpc) is 3.34. The largest absolute Gasteiger partial charge is 0.439 e. The van der Waals surface area contributed by atoms with Crippen LogP contribution in [0.2, 0.25) is 0 Å². The summed E-state index contributed by atoms with van der Waals surface area (Å²) >= 11 is 0. The van der Waals surface area contributed by atoms with E-state index in [9.17, 15) is 4.79 Å². The quantitative estimate of drug-likeness (QED) is 0.569. The van der Waals surface area contributed by atoms with Crippen molar-refractivity contribution in [2.75, 3.05) is 5.32 Å². The Morgan fingerprint density at radius 1 is 1.18 bits per heavy atom. The minimum Gasteiger partial charge on any atom is -0.439 e. The number of aromatic nitrogens is 5. The number of carbonyl (C=O) groups excluding carboxylic acids is 1. The summed E-state index contributed by atoms with van der Waals surface area (Å²) in [5.74, 6) is 2.32. The normalized spacial score (nSPS) is 10.6. The van der Waals surface area contributed by atoms with Gasteiger partial charge in [0.25, 0.3) is 5.91 Å². The molecule has 1 amide bonds. The zero-order valence-corrected chi connectivity index (χ0v) is 15.2. The fourth-order valence-electron chi connectivity index (χ4n) is 2.54. The molecule has 140 valence electrons. The van der Waals surface area contributed by atoms with E-state index in [-0.39, 0.29) is 5.91 Å². The molecule has 0 radical (unpaired) electrons. The van der Waals surface area contributed by atoms with Crippen LogP contribution >= 0.6 is 0 Å². The second-order valence-electron chi connectivity index (χ2n) is 5.94. The van der Waals surface area contributed by atoms with E-state index in [2.05, 4.69) is 25.5 Å². The van der Waals surface area contributed by atoms with Crippen molar-refractivity contribution in [3.05, 3.63) is 72.1 Å². The minimum absolute atomic E-state index is 0.289. The van der Waals surface area contributed by atoms with Crippen molar-refractivity contribution >= 4 is 11.6 Å². The Morgan fingerprint density at radius 2 is 2.00 bits per heavy atom. The van der Waals surface area contributed by atoms with Crippen molar-refractivity contribution in [3.8, 4) is 17.4 Å². The molecule has 1 aromatic carbocycles. The molecule has 28 heavy (non-hydrogen) atoms. The van der Waals surface area contributed by atoms with Crippen molar-refractivity contribution < 1.29 is 14.1 Å². The summed E-state index contributed by atoms with van der Waals surface area (Å²) in [7, 11) is 0. The fraction of sp³-hybridized carbons (Fsp3) is 0.105. The van der Waals surface area contributed by atoms with Gasteiger partial charge in [-0.25, -0.2) is 9.67 Å². The molecule has 3 aromatic heterocycles. The second kappa shape index (κ2) is 7.31. The maximum absolute atomic E-state index is 12.2. The average molecular weight is 376 g/mol. The zero-order valence-electron chi connectivity index (χ0n) is 15.2. The summed E-state index contributed by atoms with van der Waals surface area (Å²) in [6.45, 7) is 3.46. The number of hydrogen-bond donors (Lipinski definition) is 1. The molecular weight excluding hydrogens is 360 g/mol. The monoisotopic (exact) mass is 376 g/mol. The Balaban J connectivity index is 1.48. The van der Waals surface area contributed by atoms with Gasteiger partial charge in [0.1, 0.15) is 22.9 Å². The van der Waals surface area contributed by atoms with Gasteiger partial charge >= 0.3 is 0 Å². The first-order valence-corrected chi connectivity index (χ1v) is 8.45. The van der Waals surface area contributed by atoms with Crippen LogP contribution in [0.15, 0.2) is 59.5 Å². The standard InChI is InChI=1S/C19H16N6O3/c1-12-16(11-21-28-12)19(26)24-14-4-6-15(7-5-14)27-18-10-17(22-13(2)23-18)25-9-3-8-20-25/h3-11H,1-2H3,(H,24,26). The Bertz CT molecular complexity index is 1100. The Labute approximate surface area is 160 Å². The molecular formula is C19H16N6O3. The van der Waals surface area contributed by atoms with Crippen molar-refractivity contribution in [1.82, 2.24) is 24.9 Å². The molecule has 0 saturated heterocycles. The molecule has 0 aliphatic carbocycles. The molecule has 9 heteroatoms. The number of nitrogens with zero attached hydrogens (tertiary/aromatic N) is 5. The molecule has 0 aliphatic rings. The van der Waals surface area contributed by atoms with Crippen LogP contribution in [0, 0.1) is 13.8 Å². The SMILES string of the molecule is Cc1nc(Oc2ccc(NC(=O)c3cnoc3C)cc2)cc(-n2cccn2)n1. The third kappa shape index (κ3) is 3.73. The molecule has 0 saturated carbocycles. The molecule has 4 aromatic rings. The summed E-state index contributed by atoms with van der Waals surface area (Å²) in [6, 6.07) is 10.5. The fourth-order valence-corrected chi connectivity index (χ4v) is 2.54. The van der Waals surface area contributed by atoms with Gasteiger partial charge in [-0.1, -0.05) is 5.16 Å². The highest BCUT2D eigenvalue weighted by atomic mass is 16.5. The maximum Gasteiger partial charge on any atom is 0.260 e. The highest BCUT2D eigenvalue weighted by molar-refractivity contribution is 6.04. The third-order valence-corrected chi connectivity index (χ3v) is 3.87. The number of nitrogens with one attached hydrogen (secondary N) is 1. The lowest BCUT2D eigenvalue weighted by molar-refractivity contribution is 0.102. The first-order chi connectivity index (χ1) is 13.6. The molecule has 3 heterocycles. The van der Waals surface area contributed by atoms with E-state index in [1.54, 1.807) is 61.3 Å². The zero-order chi connectivity index (χ0) is 19.5. The number of amides is 1. The highest BCUT2D eigenvalue weighted by Crippen LogP contribution is 2.23. The van der Waals surface area contributed by atoms with Crippen LogP contribution in [-0.4, -0.2) is 30.8 Å². The van der Waals surface area contributed by atoms with E-state index < -0.39 is 0 Å². The summed E-state index contributed by atoms with van der Waals surface area (Å²) in [4.78, 5) is 20.8. The topological polar surface area (TPSA) is 108 Å². The van der Waals surface area contributed by atoms with Gasteiger partial charge in [-0.15, -0.1) is 0 Å². The van der Waals surface area contributed by atoms with Crippen molar-refractivity contribution in [2.45, 2.75) is 13.8 Å². The van der Waals surface area contributed by atoms with Gasteiger partial charge in [-0.3, -0.25) is 4.79 Å². The first kappa shape index (κ1) is 17.4. The number of carbonyl (C=O) groups is 1. The van der Waals surface area contributed by atoms with Crippen molar-refractivity contribution in [1.29, 1.82) is 0 Å². The van der Waals surface area contributed by atoms with Crippen molar-refractivity contribution in [3.63, 3.8) is 0 Å². The molecule has 0 fully saturated rings. The Morgan fingerprint density at radius 3 is 2.68 bits per heavy atom. The lowest BCUT2D eigenvalue weighted by atomic mass is 10.2. The lowest BCUT2D eigenvalue weighted by Crippen LogP contribution is -2.11. The van der Waals surface area contributed by atoms with Gasteiger partial charge in [-0.2, -0.15) is 10.1 Å². The van der Waals surface area contributed by atoms with Gasteiger partial charge in [0, 0.05) is 24.1 Å². The Hall–Kier alpha value is -4.01. The van der Waals surface area contributed by atoms with Crippen LogP contribution in [0.3, 0.4) is 0 Å². The van der Waals surface area contributed by atoms with Crippen LogP contribution in [-0.2, 0) is 0 Å². The van der Waals surface area contributed by atoms with E-state index in [0.29, 0.717) is 40.3 Å². The summed E-state index contributed by atoms with van der Waals surface area (Å²) in [5, 5.41) is 10.5. The number of ether oxygens (including phenoxy) is 1. The maximum atomic E-state index is 12.2. The van der Waals surface area contributed by atoms with E-state index in [0.717, 1.165) is 0 Å². The molecule has 1 N–H and O–H groups in total. The van der Waals surface area contributed by atoms with E-state index >= 15 is 0 Å². The van der Waals surface area contributed by atoms with Crippen LogP contribution in [0.25, 0.3) is 5.82 Å². The molecule has 9 nitrogen and oxygen atoms in total. The summed E-state index contributed by atoms with van der Waals surface area (Å²) < 4.78 is 12.4. The lowest BCUT2D eigenvalue weighted by Gasteiger charge is -2.09. The number of anilines is 1. The molecule has 0 spiro atoms. The van der Waals surface area contributed by atoms with E-state index in [4.69, 9.17) is 9.26 Å². The van der Waals surface area contributed by atoms with Crippen molar-refractivity contribution in [2.24, 2.45) is 0 Å². The molecule has 4 rings (SSSR count). The van der Waals surface area contributed by atoms with Gasteiger partial charge in [-0.05, 0) is 44.2 Å². The Kier molecular flexibility index (Phi) is 4.55. The number of hydrogen-bond acceptors (Lipinski definition) is 7. The summed E-state index contributed by atoms with van der Waals surface area (Å²) in [6.07, 6.45) is 4.85. The molecule has 0 atom stereocenters. The number of aryl methyl sites for hydroxylation is 2. The van der Waals surface area contributed by atoms with E-state index in [1.807, 2.05) is 6.07 Å². The predicted octanol–water partition coefficient (Wildman–Crippen LogP) is 3.31. The minimum atomic E-state index is -0.289. The van der Waals surface area contributed by atoms with Gasteiger partial charge in [0.15, 0.2) is 5.82 Å². The molecule has 0 aliphatic heterocycles. The first-order valence-electron chi connectivity index (χ1n) is 8.45.